The van der Waals surface area contributed by atoms with E-state index in [2.05, 4.69) is 0 Å². The van der Waals surface area contributed by atoms with E-state index in [1.807, 2.05) is 0 Å². The molecule has 2 saturated carbocycles. The van der Waals surface area contributed by atoms with Gasteiger partial charge in [0.25, 0.3) is 0 Å². The predicted molar refractivity (Wildman–Crippen MR) is 78.1 cm³/mol. The summed E-state index contributed by atoms with van der Waals surface area (Å²) >= 11 is 0. The van der Waals surface area contributed by atoms with Gasteiger partial charge in [-0.05, 0) is 43.2 Å². The maximum absolute atomic E-state index is 12.8. The van der Waals surface area contributed by atoms with Crippen LogP contribution in [0.15, 0.2) is 24.3 Å². The molecule has 2 bridgehead atoms. The van der Waals surface area contributed by atoms with Gasteiger partial charge in [-0.3, -0.25) is 14.4 Å². The molecule has 5 nitrogen and oxygen atoms in total. The Kier molecular flexibility index (Phi) is 2.86. The Morgan fingerprint density at radius 1 is 1.09 bits per heavy atom. The lowest BCUT2D eigenvalue weighted by Crippen LogP contribution is -2.33. The number of esters is 1. The van der Waals surface area contributed by atoms with E-state index in [0.29, 0.717) is 17.5 Å². The number of imide groups is 1. The number of hydrogen-bond acceptors (Lipinski definition) is 4. The number of para-hydroxylation sites is 2. The van der Waals surface area contributed by atoms with Gasteiger partial charge in [-0.1, -0.05) is 12.1 Å². The van der Waals surface area contributed by atoms with E-state index in [1.54, 1.807) is 24.3 Å². The van der Waals surface area contributed by atoms with Crippen LogP contribution in [0.5, 0.6) is 5.75 Å². The summed E-state index contributed by atoms with van der Waals surface area (Å²) in [6, 6.07) is 6.74. The molecule has 0 radical (unpaired) electrons. The van der Waals surface area contributed by atoms with Crippen LogP contribution in [0, 0.1) is 23.7 Å². The minimum atomic E-state index is -0.466. The minimum absolute atomic E-state index is 0.123. The van der Waals surface area contributed by atoms with Crippen LogP contribution in [-0.2, 0) is 14.4 Å². The summed E-state index contributed by atoms with van der Waals surface area (Å²) in [5.41, 5.74) is 0.390. The minimum Gasteiger partial charge on any atom is -0.424 e. The Hall–Kier alpha value is -2.17. The van der Waals surface area contributed by atoms with Gasteiger partial charge in [0.1, 0.15) is 0 Å². The van der Waals surface area contributed by atoms with Crippen LogP contribution < -0.4 is 9.64 Å². The molecule has 2 aliphatic carbocycles. The van der Waals surface area contributed by atoms with Crippen LogP contribution in [0.4, 0.5) is 5.69 Å². The molecule has 22 heavy (non-hydrogen) atoms. The smallest absolute Gasteiger partial charge is 0.308 e. The van der Waals surface area contributed by atoms with E-state index in [4.69, 9.17) is 4.74 Å². The molecular weight excluding hydrogens is 282 g/mol. The molecule has 1 aromatic carbocycles. The summed E-state index contributed by atoms with van der Waals surface area (Å²) in [5, 5.41) is 0. The Bertz CT molecular complexity index is 655. The quantitative estimate of drug-likeness (QED) is 0.477. The van der Waals surface area contributed by atoms with Crippen molar-refractivity contribution in [2.75, 3.05) is 4.90 Å². The molecule has 1 aliphatic heterocycles. The highest BCUT2D eigenvalue weighted by atomic mass is 16.5. The van der Waals surface area contributed by atoms with Gasteiger partial charge in [0.2, 0.25) is 11.8 Å². The maximum Gasteiger partial charge on any atom is 0.308 e. The number of carbonyl (C=O) groups is 3. The second kappa shape index (κ2) is 4.66. The van der Waals surface area contributed by atoms with Gasteiger partial charge in [0.05, 0.1) is 17.5 Å². The van der Waals surface area contributed by atoms with Crippen molar-refractivity contribution in [2.24, 2.45) is 23.7 Å². The Labute approximate surface area is 128 Å². The summed E-state index contributed by atoms with van der Waals surface area (Å²) in [6.07, 6.45) is 3.10. The first-order valence-electron chi connectivity index (χ1n) is 7.73. The van der Waals surface area contributed by atoms with Crippen LogP contribution in [0.3, 0.4) is 0 Å². The van der Waals surface area contributed by atoms with Crippen LogP contribution in [0.25, 0.3) is 0 Å². The van der Waals surface area contributed by atoms with E-state index in [-0.39, 0.29) is 29.4 Å². The second-order valence-electron chi connectivity index (χ2n) is 6.46. The number of carbonyl (C=O) groups excluding carboxylic acids is 3. The normalized spacial score (nSPS) is 32.5. The zero-order valence-electron chi connectivity index (χ0n) is 12.3. The van der Waals surface area contributed by atoms with E-state index in [1.165, 1.54) is 11.8 Å². The second-order valence-corrected chi connectivity index (χ2v) is 6.46. The fourth-order valence-corrected chi connectivity index (χ4v) is 4.53. The summed E-state index contributed by atoms with van der Waals surface area (Å²) in [6.45, 7) is 1.30. The highest BCUT2D eigenvalue weighted by Gasteiger charge is 2.61. The number of rotatable bonds is 2. The molecule has 4 unspecified atom stereocenters. The van der Waals surface area contributed by atoms with Gasteiger partial charge in [-0.2, -0.15) is 0 Å². The van der Waals surface area contributed by atoms with E-state index in [9.17, 15) is 14.4 Å². The molecule has 1 saturated heterocycles. The summed E-state index contributed by atoms with van der Waals surface area (Å²) in [4.78, 5) is 38.1. The van der Waals surface area contributed by atoms with Crippen molar-refractivity contribution in [3.63, 3.8) is 0 Å². The van der Waals surface area contributed by atoms with Gasteiger partial charge in [0, 0.05) is 6.92 Å². The van der Waals surface area contributed by atoms with Crippen LogP contribution >= 0.6 is 0 Å². The fraction of sp³-hybridized carbons (Fsp3) is 0.471. The number of ether oxygens (including phenoxy) is 1. The summed E-state index contributed by atoms with van der Waals surface area (Å²) in [5.74, 6) is -0.0950. The topological polar surface area (TPSA) is 63.7 Å². The molecule has 4 atom stereocenters. The lowest BCUT2D eigenvalue weighted by Gasteiger charge is -2.19. The average molecular weight is 299 g/mol. The van der Waals surface area contributed by atoms with Crippen molar-refractivity contribution in [1.82, 2.24) is 0 Å². The van der Waals surface area contributed by atoms with E-state index < -0.39 is 5.97 Å². The standard InChI is InChI=1S/C17H17NO4/c1-9(19)22-13-5-3-2-4-12(13)18-16(20)14-10-6-7-11(8-10)15(14)17(18)21/h2-5,10-11,14-15H,6-8H2,1H3. The number of nitrogens with zero attached hydrogens (tertiary/aromatic N) is 1. The number of benzene rings is 1. The number of anilines is 1. The zero-order valence-corrected chi connectivity index (χ0v) is 12.3. The van der Waals surface area contributed by atoms with Gasteiger partial charge < -0.3 is 4.74 Å². The molecule has 0 aromatic heterocycles. The molecule has 0 N–H and O–H groups in total. The number of fused-ring (bicyclic) bond motifs is 5. The molecule has 2 amide bonds. The molecule has 114 valence electrons. The molecule has 1 aromatic rings. The van der Waals surface area contributed by atoms with Crippen LogP contribution in [-0.4, -0.2) is 17.8 Å². The van der Waals surface area contributed by atoms with Crippen molar-refractivity contribution in [3.05, 3.63) is 24.3 Å². The van der Waals surface area contributed by atoms with Crippen molar-refractivity contribution in [3.8, 4) is 5.75 Å². The third kappa shape index (κ3) is 1.74. The third-order valence-electron chi connectivity index (χ3n) is 5.29. The Morgan fingerprint density at radius 2 is 1.68 bits per heavy atom. The van der Waals surface area contributed by atoms with Crippen molar-refractivity contribution >= 4 is 23.5 Å². The highest BCUT2D eigenvalue weighted by molar-refractivity contribution is 6.23. The zero-order chi connectivity index (χ0) is 15.4. The maximum atomic E-state index is 12.8. The lowest BCUT2D eigenvalue weighted by molar-refractivity contribution is -0.132. The van der Waals surface area contributed by atoms with Gasteiger partial charge >= 0.3 is 5.97 Å². The van der Waals surface area contributed by atoms with E-state index in [0.717, 1.165) is 19.3 Å². The lowest BCUT2D eigenvalue weighted by atomic mass is 9.81. The van der Waals surface area contributed by atoms with Gasteiger partial charge in [-0.25, -0.2) is 4.90 Å². The highest BCUT2D eigenvalue weighted by Crippen LogP contribution is 2.57. The predicted octanol–water partition coefficient (Wildman–Crippen LogP) is 2.15. The third-order valence-corrected chi connectivity index (χ3v) is 5.29. The summed E-state index contributed by atoms with van der Waals surface area (Å²) in [7, 11) is 0. The molecule has 3 aliphatic rings. The molecular formula is C17H17NO4. The molecule has 1 heterocycles. The number of amides is 2. The Morgan fingerprint density at radius 3 is 2.27 bits per heavy atom. The van der Waals surface area contributed by atoms with Crippen LogP contribution in [0.1, 0.15) is 26.2 Å². The average Bonchev–Trinajstić information content (AvgIpc) is 3.14. The largest absolute Gasteiger partial charge is 0.424 e. The monoisotopic (exact) mass is 299 g/mol. The first-order valence-corrected chi connectivity index (χ1v) is 7.73. The Balaban J connectivity index is 1.74. The van der Waals surface area contributed by atoms with Gasteiger partial charge in [-0.15, -0.1) is 0 Å². The van der Waals surface area contributed by atoms with E-state index >= 15 is 0 Å². The fourth-order valence-electron chi connectivity index (χ4n) is 4.53. The molecule has 0 spiro atoms. The van der Waals surface area contributed by atoms with Crippen molar-refractivity contribution in [1.29, 1.82) is 0 Å². The molecule has 3 fully saturated rings. The van der Waals surface area contributed by atoms with Gasteiger partial charge in [0.15, 0.2) is 5.75 Å². The number of hydrogen-bond donors (Lipinski definition) is 0. The molecule has 4 rings (SSSR count). The van der Waals surface area contributed by atoms with Crippen LogP contribution in [0.2, 0.25) is 0 Å². The molecule has 5 heteroatoms. The first-order chi connectivity index (χ1) is 10.6. The first kappa shape index (κ1) is 13.5. The van der Waals surface area contributed by atoms with Crippen molar-refractivity contribution in [2.45, 2.75) is 26.2 Å². The summed E-state index contributed by atoms with van der Waals surface area (Å²) < 4.78 is 5.16. The van der Waals surface area contributed by atoms with Crippen molar-refractivity contribution < 1.29 is 19.1 Å². The SMILES string of the molecule is CC(=O)Oc1ccccc1N1C(=O)C2C3CCC(C3)C2C1=O.